The number of benzene rings is 1. The van der Waals surface area contributed by atoms with E-state index in [1.165, 1.54) is 9.13 Å². The van der Waals surface area contributed by atoms with E-state index in [2.05, 4.69) is 65.6 Å². The van der Waals surface area contributed by atoms with Gasteiger partial charge in [0.25, 0.3) is 0 Å². The van der Waals surface area contributed by atoms with Crippen LogP contribution >= 0.6 is 22.6 Å². The van der Waals surface area contributed by atoms with Crippen molar-refractivity contribution >= 4 is 22.6 Å². The zero-order chi connectivity index (χ0) is 11.7. The number of likely N-dealkylation sites (tertiary alicyclic amines) is 1. The number of hydrogen-bond acceptors (Lipinski definition) is 2. The third-order valence-corrected chi connectivity index (χ3v) is 4.32. The van der Waals surface area contributed by atoms with Gasteiger partial charge in [-0.2, -0.15) is 0 Å². The Bertz CT molecular complexity index is 339. The summed E-state index contributed by atoms with van der Waals surface area (Å²) in [6.45, 7) is 6.65. The Balaban J connectivity index is 2.08. The standard InChI is InChI=1S/C13H19IN2/c1-9-7-16(8-13(9)15)10(2)11-3-5-12(14)6-4-11/h3-6,9-10,13H,7-8,15H2,1-2H3. The van der Waals surface area contributed by atoms with Crippen molar-refractivity contribution in [3.05, 3.63) is 33.4 Å². The van der Waals surface area contributed by atoms with Crippen molar-refractivity contribution < 1.29 is 0 Å². The van der Waals surface area contributed by atoms with Gasteiger partial charge in [-0.15, -0.1) is 0 Å². The van der Waals surface area contributed by atoms with E-state index in [0.717, 1.165) is 13.1 Å². The Hall–Kier alpha value is -0.130. The molecule has 0 amide bonds. The van der Waals surface area contributed by atoms with E-state index in [4.69, 9.17) is 5.73 Å². The van der Waals surface area contributed by atoms with Crippen LogP contribution in [-0.4, -0.2) is 24.0 Å². The van der Waals surface area contributed by atoms with Gasteiger partial charge in [0.1, 0.15) is 0 Å². The van der Waals surface area contributed by atoms with Gasteiger partial charge >= 0.3 is 0 Å². The van der Waals surface area contributed by atoms with Gasteiger partial charge in [-0.05, 0) is 53.1 Å². The van der Waals surface area contributed by atoms with E-state index in [1.54, 1.807) is 0 Å². The molecule has 88 valence electrons. The molecule has 1 saturated heterocycles. The highest BCUT2D eigenvalue weighted by molar-refractivity contribution is 14.1. The molecule has 3 heteroatoms. The van der Waals surface area contributed by atoms with Crippen molar-refractivity contribution in [3.63, 3.8) is 0 Å². The van der Waals surface area contributed by atoms with Crippen molar-refractivity contribution in [1.82, 2.24) is 4.90 Å². The normalized spacial score (nSPS) is 28.2. The second kappa shape index (κ2) is 5.02. The van der Waals surface area contributed by atoms with Crippen molar-refractivity contribution in [1.29, 1.82) is 0 Å². The van der Waals surface area contributed by atoms with E-state index >= 15 is 0 Å². The minimum atomic E-state index is 0.339. The molecule has 0 saturated carbocycles. The van der Waals surface area contributed by atoms with Gasteiger partial charge in [-0.25, -0.2) is 0 Å². The third kappa shape index (κ3) is 2.57. The van der Waals surface area contributed by atoms with Crippen LogP contribution in [0.3, 0.4) is 0 Å². The second-order valence-corrected chi connectivity index (χ2v) is 6.07. The number of nitrogens with two attached hydrogens (primary N) is 1. The molecule has 1 aromatic rings. The predicted octanol–water partition coefficient (Wildman–Crippen LogP) is 2.63. The molecule has 1 fully saturated rings. The lowest BCUT2D eigenvalue weighted by Crippen LogP contribution is -2.29. The average molecular weight is 330 g/mol. The van der Waals surface area contributed by atoms with E-state index < -0.39 is 0 Å². The summed E-state index contributed by atoms with van der Waals surface area (Å²) < 4.78 is 1.29. The number of halogens is 1. The van der Waals surface area contributed by atoms with Gasteiger partial charge in [0.2, 0.25) is 0 Å². The molecule has 1 aliphatic heterocycles. The summed E-state index contributed by atoms with van der Waals surface area (Å²) in [4.78, 5) is 2.48. The summed E-state index contributed by atoms with van der Waals surface area (Å²) in [7, 11) is 0. The highest BCUT2D eigenvalue weighted by Crippen LogP contribution is 2.26. The molecule has 3 atom stereocenters. The first-order valence-electron chi connectivity index (χ1n) is 5.83. The Morgan fingerprint density at radius 3 is 2.44 bits per heavy atom. The van der Waals surface area contributed by atoms with Gasteiger partial charge in [0.05, 0.1) is 0 Å². The third-order valence-electron chi connectivity index (χ3n) is 3.60. The smallest absolute Gasteiger partial charge is 0.0320 e. The highest BCUT2D eigenvalue weighted by Gasteiger charge is 2.29. The zero-order valence-electron chi connectivity index (χ0n) is 9.86. The van der Waals surface area contributed by atoms with Crippen LogP contribution in [0.1, 0.15) is 25.5 Å². The molecule has 0 radical (unpaired) electrons. The first kappa shape index (κ1) is 12.3. The topological polar surface area (TPSA) is 29.3 Å². The largest absolute Gasteiger partial charge is 0.326 e. The van der Waals surface area contributed by atoms with Gasteiger partial charge in [0, 0.05) is 28.7 Å². The Morgan fingerprint density at radius 1 is 1.31 bits per heavy atom. The maximum Gasteiger partial charge on any atom is 0.0320 e. The maximum atomic E-state index is 6.07. The van der Waals surface area contributed by atoms with Crippen molar-refractivity contribution in [2.24, 2.45) is 11.7 Å². The Labute approximate surface area is 111 Å². The van der Waals surface area contributed by atoms with Crippen molar-refractivity contribution in [3.8, 4) is 0 Å². The molecule has 0 aliphatic carbocycles. The minimum absolute atomic E-state index is 0.339. The van der Waals surface area contributed by atoms with Gasteiger partial charge < -0.3 is 5.73 Å². The summed E-state index contributed by atoms with van der Waals surface area (Å²) in [6, 6.07) is 9.61. The maximum absolute atomic E-state index is 6.07. The molecule has 3 unspecified atom stereocenters. The van der Waals surface area contributed by atoms with Crippen LogP contribution in [0.15, 0.2) is 24.3 Å². The fourth-order valence-corrected chi connectivity index (χ4v) is 2.66. The molecule has 16 heavy (non-hydrogen) atoms. The monoisotopic (exact) mass is 330 g/mol. The lowest BCUT2D eigenvalue weighted by atomic mass is 10.1. The van der Waals surface area contributed by atoms with Crippen LogP contribution in [-0.2, 0) is 0 Å². The number of nitrogens with zero attached hydrogens (tertiary/aromatic N) is 1. The first-order valence-corrected chi connectivity index (χ1v) is 6.91. The number of rotatable bonds is 2. The first-order chi connectivity index (χ1) is 7.58. The molecule has 2 nitrogen and oxygen atoms in total. The fourth-order valence-electron chi connectivity index (χ4n) is 2.30. The van der Waals surface area contributed by atoms with Gasteiger partial charge in [0.15, 0.2) is 0 Å². The Morgan fingerprint density at radius 2 is 1.94 bits per heavy atom. The summed E-state index contributed by atoms with van der Waals surface area (Å²) in [5.41, 5.74) is 7.46. The molecule has 1 aromatic carbocycles. The number of hydrogen-bond donors (Lipinski definition) is 1. The molecule has 0 spiro atoms. The minimum Gasteiger partial charge on any atom is -0.326 e. The van der Waals surface area contributed by atoms with Crippen LogP contribution in [0.4, 0.5) is 0 Å². The lowest BCUT2D eigenvalue weighted by Gasteiger charge is -2.24. The summed E-state index contributed by atoms with van der Waals surface area (Å²) in [5.74, 6) is 0.617. The predicted molar refractivity (Wildman–Crippen MR) is 76.3 cm³/mol. The van der Waals surface area contributed by atoms with Gasteiger partial charge in [-0.1, -0.05) is 19.1 Å². The van der Waals surface area contributed by atoms with Crippen LogP contribution < -0.4 is 5.73 Å². The molecule has 2 rings (SSSR count). The van der Waals surface area contributed by atoms with Crippen LogP contribution in [0.2, 0.25) is 0 Å². The van der Waals surface area contributed by atoms with Crippen LogP contribution in [0, 0.1) is 9.49 Å². The molecule has 0 bridgehead atoms. The molecule has 2 N–H and O–H groups in total. The average Bonchev–Trinajstić information content (AvgIpc) is 2.59. The van der Waals surface area contributed by atoms with Crippen molar-refractivity contribution in [2.75, 3.05) is 13.1 Å². The van der Waals surface area contributed by atoms with E-state index in [9.17, 15) is 0 Å². The molecule has 0 aromatic heterocycles. The van der Waals surface area contributed by atoms with E-state index in [-0.39, 0.29) is 0 Å². The highest BCUT2D eigenvalue weighted by atomic mass is 127. The zero-order valence-corrected chi connectivity index (χ0v) is 12.0. The quantitative estimate of drug-likeness (QED) is 0.845. The molecular formula is C13H19IN2. The lowest BCUT2D eigenvalue weighted by molar-refractivity contribution is 0.253. The molecule has 1 heterocycles. The summed E-state index contributed by atoms with van der Waals surface area (Å²) in [6.07, 6.45) is 0. The molecule has 1 aliphatic rings. The van der Waals surface area contributed by atoms with E-state index in [0.29, 0.717) is 18.0 Å². The SMILES string of the molecule is CC1CN(C(C)c2ccc(I)cc2)CC1N. The summed E-state index contributed by atoms with van der Waals surface area (Å²) >= 11 is 2.34. The van der Waals surface area contributed by atoms with Gasteiger partial charge in [-0.3, -0.25) is 4.90 Å². The Kier molecular flexibility index (Phi) is 3.87. The molecular weight excluding hydrogens is 311 g/mol. The van der Waals surface area contributed by atoms with Crippen molar-refractivity contribution in [2.45, 2.75) is 25.9 Å². The van der Waals surface area contributed by atoms with Crippen LogP contribution in [0.5, 0.6) is 0 Å². The van der Waals surface area contributed by atoms with E-state index in [1.807, 2.05) is 0 Å². The summed E-state index contributed by atoms with van der Waals surface area (Å²) in [5, 5.41) is 0. The van der Waals surface area contributed by atoms with Crippen LogP contribution in [0.25, 0.3) is 0 Å². The second-order valence-electron chi connectivity index (χ2n) is 4.82. The fraction of sp³-hybridized carbons (Fsp3) is 0.538.